The Labute approximate surface area is 44.1 Å². The van der Waals surface area contributed by atoms with Crippen LogP contribution in [0.2, 0.25) is 0 Å². The van der Waals surface area contributed by atoms with Gasteiger partial charge in [0.05, 0.1) is 6.33 Å². The fourth-order valence-corrected chi connectivity index (χ4v) is 0. The molecule has 0 aromatic heterocycles. The van der Waals surface area contributed by atoms with Crippen molar-refractivity contribution in [3.63, 3.8) is 0 Å². The summed E-state index contributed by atoms with van der Waals surface area (Å²) in [6.45, 7) is 2.69. The van der Waals surface area contributed by atoms with Gasteiger partial charge in [-0.1, -0.05) is 6.58 Å². The molecule has 0 radical (unpaired) electrons. The maximum Gasteiger partial charge on any atom is 0.298 e. The third-order valence-electron chi connectivity index (χ3n) is 0.0825. The minimum absolute atomic E-state index is 0.250. The van der Waals surface area contributed by atoms with Gasteiger partial charge in [0.25, 0.3) is 6.08 Å². The predicted molar refractivity (Wildman–Crippen MR) is 22.7 cm³/mol. The molecule has 4 heteroatoms. The van der Waals surface area contributed by atoms with Crippen molar-refractivity contribution in [2.75, 3.05) is 0 Å². The van der Waals surface area contributed by atoms with Gasteiger partial charge in [0, 0.05) is 0 Å². The van der Waals surface area contributed by atoms with E-state index in [1.807, 2.05) is 0 Å². The molecule has 0 amide bonds. The third-order valence-corrected chi connectivity index (χ3v) is 0.0825. The Hall–Kier alpha value is -0.800. The first kappa shape index (κ1) is 10.2. The number of halogens is 4. The van der Waals surface area contributed by atoms with E-state index in [0.717, 1.165) is 0 Å². The smallest absolute Gasteiger partial charge is 0.216 e. The molecule has 0 unspecified atom stereocenters. The Bertz CT molecular complexity index is 72.1. The minimum atomic E-state index is -2.29. The summed E-state index contributed by atoms with van der Waals surface area (Å²) >= 11 is 0. The zero-order chi connectivity index (χ0) is 6.99. The Balaban J connectivity index is 0. The van der Waals surface area contributed by atoms with E-state index in [9.17, 15) is 17.6 Å². The lowest BCUT2D eigenvalue weighted by molar-refractivity contribution is 0.400. The first-order valence-electron chi connectivity index (χ1n) is 1.51. The molecule has 0 aromatic rings. The van der Waals surface area contributed by atoms with E-state index < -0.39 is 12.4 Å². The van der Waals surface area contributed by atoms with Crippen LogP contribution in [0.3, 0.4) is 0 Å². The maximum absolute atomic E-state index is 10.2. The molecule has 0 spiro atoms. The highest BCUT2D eigenvalue weighted by atomic mass is 19.3. The van der Waals surface area contributed by atoms with Crippen molar-refractivity contribution in [3.05, 3.63) is 25.3 Å². The summed E-state index contributed by atoms with van der Waals surface area (Å²) in [5.74, 6) is 0. The fraction of sp³-hybridized carbons (Fsp3) is 0. The first-order valence-corrected chi connectivity index (χ1v) is 1.51. The second kappa shape index (κ2) is 9.50. The highest BCUT2D eigenvalue weighted by molar-refractivity contribution is 4.66. The fourth-order valence-electron chi connectivity index (χ4n) is 0. The molecule has 0 heterocycles. The summed E-state index contributed by atoms with van der Waals surface area (Å²) in [7, 11) is 0. The largest absolute Gasteiger partial charge is 0.298 e. The van der Waals surface area contributed by atoms with Gasteiger partial charge in [0.15, 0.2) is 6.33 Å². The van der Waals surface area contributed by atoms with E-state index in [2.05, 4.69) is 6.58 Å². The summed E-state index contributed by atoms with van der Waals surface area (Å²) < 4.78 is 40.8. The Morgan fingerprint density at radius 3 is 1.38 bits per heavy atom. The minimum Gasteiger partial charge on any atom is -0.216 e. The standard InChI is InChI=1S/C2HF3.C2H3F/c3-1-2(4)5;1-2-3/h1H;2H,1H2. The van der Waals surface area contributed by atoms with Gasteiger partial charge in [-0.3, -0.25) is 0 Å². The molecule has 8 heavy (non-hydrogen) atoms. The predicted octanol–water partition coefficient (Wildman–Crippen LogP) is 2.79. The monoisotopic (exact) mass is 128 g/mol. The van der Waals surface area contributed by atoms with Crippen LogP contribution in [0.5, 0.6) is 0 Å². The molecular formula is C4H4F4. The van der Waals surface area contributed by atoms with Crippen LogP contribution in [0, 0.1) is 0 Å². The average molecular weight is 128 g/mol. The van der Waals surface area contributed by atoms with E-state index in [0.29, 0.717) is 0 Å². The maximum atomic E-state index is 10.2. The van der Waals surface area contributed by atoms with Gasteiger partial charge in [-0.15, -0.1) is 0 Å². The van der Waals surface area contributed by atoms with Crippen LogP contribution in [0.15, 0.2) is 25.3 Å². The summed E-state index contributed by atoms with van der Waals surface area (Å²) in [5, 5.41) is 0. The van der Waals surface area contributed by atoms with E-state index >= 15 is 0 Å². The Morgan fingerprint density at radius 2 is 1.38 bits per heavy atom. The lowest BCUT2D eigenvalue weighted by Crippen LogP contribution is -1.42. The summed E-state index contributed by atoms with van der Waals surface area (Å²) in [5.41, 5.74) is 0. The average Bonchev–Trinajstić information content (AvgIpc) is 1.69. The normalized spacial score (nSPS) is 6.00. The van der Waals surface area contributed by atoms with E-state index in [4.69, 9.17) is 0 Å². The van der Waals surface area contributed by atoms with E-state index in [1.54, 1.807) is 0 Å². The molecule has 0 aliphatic heterocycles. The molecular weight excluding hydrogens is 124 g/mol. The van der Waals surface area contributed by atoms with Crippen LogP contribution in [0.1, 0.15) is 0 Å². The number of hydrogen-bond donors (Lipinski definition) is 0. The highest BCUT2D eigenvalue weighted by Gasteiger charge is 1.78. The highest BCUT2D eigenvalue weighted by Crippen LogP contribution is 1.93. The molecule has 0 N–H and O–H groups in total. The third kappa shape index (κ3) is 63.7. The van der Waals surface area contributed by atoms with Crippen molar-refractivity contribution in [1.82, 2.24) is 0 Å². The van der Waals surface area contributed by atoms with E-state index in [-0.39, 0.29) is 6.33 Å². The first-order chi connectivity index (χ1) is 3.68. The van der Waals surface area contributed by atoms with Crippen molar-refractivity contribution in [1.29, 1.82) is 0 Å². The second-order valence-electron chi connectivity index (χ2n) is 0.553. The van der Waals surface area contributed by atoms with Crippen LogP contribution < -0.4 is 0 Å². The molecule has 0 nitrogen and oxygen atoms in total. The molecule has 0 atom stereocenters. The van der Waals surface area contributed by atoms with Crippen LogP contribution in [-0.4, -0.2) is 0 Å². The van der Waals surface area contributed by atoms with Crippen LogP contribution in [-0.2, 0) is 0 Å². The molecule has 0 bridgehead atoms. The molecule has 48 valence electrons. The summed E-state index contributed by atoms with van der Waals surface area (Å²) in [6, 6.07) is 0. The van der Waals surface area contributed by atoms with Crippen LogP contribution >= 0.6 is 0 Å². The van der Waals surface area contributed by atoms with Crippen molar-refractivity contribution in [3.8, 4) is 0 Å². The molecule has 0 rings (SSSR count). The van der Waals surface area contributed by atoms with Crippen molar-refractivity contribution < 1.29 is 17.6 Å². The topological polar surface area (TPSA) is 0 Å². The van der Waals surface area contributed by atoms with Crippen molar-refractivity contribution in [2.45, 2.75) is 0 Å². The molecule has 0 aliphatic rings. The van der Waals surface area contributed by atoms with Gasteiger partial charge >= 0.3 is 0 Å². The molecule has 0 saturated heterocycles. The van der Waals surface area contributed by atoms with Gasteiger partial charge in [0.1, 0.15) is 0 Å². The van der Waals surface area contributed by atoms with Gasteiger partial charge in [-0.05, 0) is 0 Å². The zero-order valence-electron chi connectivity index (χ0n) is 3.87. The second-order valence-corrected chi connectivity index (χ2v) is 0.553. The van der Waals surface area contributed by atoms with Crippen molar-refractivity contribution in [2.24, 2.45) is 0 Å². The van der Waals surface area contributed by atoms with E-state index in [1.165, 1.54) is 0 Å². The Morgan fingerprint density at radius 1 is 1.25 bits per heavy atom. The van der Waals surface area contributed by atoms with Gasteiger partial charge in [-0.25, -0.2) is 8.78 Å². The number of hydrogen-bond acceptors (Lipinski definition) is 0. The van der Waals surface area contributed by atoms with Gasteiger partial charge in [-0.2, -0.15) is 8.78 Å². The van der Waals surface area contributed by atoms with Gasteiger partial charge in [0.2, 0.25) is 0 Å². The molecule has 0 saturated carbocycles. The summed E-state index contributed by atoms with van der Waals surface area (Å²) in [6.07, 6.45) is -2.79. The lowest BCUT2D eigenvalue weighted by atomic mass is 11.1. The lowest BCUT2D eigenvalue weighted by Gasteiger charge is -1.59. The van der Waals surface area contributed by atoms with Crippen LogP contribution in [0.25, 0.3) is 0 Å². The quantitative estimate of drug-likeness (QED) is 0.440. The summed E-state index contributed by atoms with van der Waals surface area (Å²) in [4.78, 5) is 0. The molecule has 0 aliphatic carbocycles. The SMILES string of the molecule is C=CF.FC=C(F)F. The number of rotatable bonds is 0. The zero-order valence-corrected chi connectivity index (χ0v) is 3.87. The molecule has 0 aromatic carbocycles. The van der Waals surface area contributed by atoms with Crippen molar-refractivity contribution >= 4 is 0 Å². The van der Waals surface area contributed by atoms with Gasteiger partial charge < -0.3 is 0 Å². The van der Waals surface area contributed by atoms with Crippen LogP contribution in [0.4, 0.5) is 17.6 Å². The Kier molecular flexibility index (Phi) is 12.2. The molecule has 0 fully saturated rings.